The SMILES string of the molecule is CN1CCCCC1.c1ccc2ncccc2c1. The first-order chi connectivity index (χ1) is 8.36. The molecule has 17 heavy (non-hydrogen) atoms. The highest BCUT2D eigenvalue weighted by Gasteiger charge is 2.02. The van der Waals surface area contributed by atoms with Crippen LogP contribution in [0.25, 0.3) is 10.9 Å². The van der Waals surface area contributed by atoms with E-state index in [-0.39, 0.29) is 0 Å². The van der Waals surface area contributed by atoms with E-state index in [2.05, 4.69) is 29.1 Å². The third-order valence-electron chi connectivity index (χ3n) is 3.09. The molecule has 0 saturated carbocycles. The van der Waals surface area contributed by atoms with Crippen LogP contribution < -0.4 is 0 Å². The van der Waals surface area contributed by atoms with E-state index in [1.54, 1.807) is 0 Å². The third-order valence-corrected chi connectivity index (χ3v) is 3.09. The third kappa shape index (κ3) is 3.82. The van der Waals surface area contributed by atoms with Gasteiger partial charge in [-0.05, 0) is 45.1 Å². The van der Waals surface area contributed by atoms with Crippen LogP contribution in [-0.2, 0) is 0 Å². The van der Waals surface area contributed by atoms with E-state index < -0.39 is 0 Å². The fourth-order valence-electron chi connectivity index (χ4n) is 2.07. The van der Waals surface area contributed by atoms with E-state index in [0.717, 1.165) is 5.52 Å². The summed E-state index contributed by atoms with van der Waals surface area (Å²) in [5.41, 5.74) is 1.06. The number of benzene rings is 1. The lowest BCUT2D eigenvalue weighted by atomic mass is 10.1. The summed E-state index contributed by atoms with van der Waals surface area (Å²) >= 11 is 0. The lowest BCUT2D eigenvalue weighted by molar-refractivity contribution is 0.277. The number of pyridine rings is 1. The predicted molar refractivity (Wildman–Crippen MR) is 73.1 cm³/mol. The summed E-state index contributed by atoms with van der Waals surface area (Å²) in [6, 6.07) is 12.1. The Labute approximate surface area is 103 Å². The van der Waals surface area contributed by atoms with Gasteiger partial charge in [-0.15, -0.1) is 0 Å². The van der Waals surface area contributed by atoms with Crippen molar-refractivity contribution in [3.05, 3.63) is 42.6 Å². The monoisotopic (exact) mass is 228 g/mol. The fraction of sp³-hybridized carbons (Fsp3) is 0.400. The van der Waals surface area contributed by atoms with Crippen LogP contribution in [-0.4, -0.2) is 30.0 Å². The van der Waals surface area contributed by atoms with Gasteiger partial charge in [0.15, 0.2) is 0 Å². The summed E-state index contributed by atoms with van der Waals surface area (Å²) in [7, 11) is 2.19. The van der Waals surface area contributed by atoms with Crippen molar-refractivity contribution in [3.8, 4) is 0 Å². The average molecular weight is 228 g/mol. The molecule has 1 aliphatic heterocycles. The van der Waals surface area contributed by atoms with Gasteiger partial charge in [0.1, 0.15) is 0 Å². The standard InChI is InChI=1S/C9H7N.C6H13N/c1-2-6-9-8(4-1)5-3-7-10-9;1-7-5-3-2-4-6-7/h1-7H;2-6H2,1H3. The van der Waals surface area contributed by atoms with Gasteiger partial charge in [0, 0.05) is 11.6 Å². The Hall–Kier alpha value is -1.41. The van der Waals surface area contributed by atoms with Crippen LogP contribution in [0.5, 0.6) is 0 Å². The van der Waals surface area contributed by atoms with Crippen LogP contribution >= 0.6 is 0 Å². The summed E-state index contributed by atoms with van der Waals surface area (Å²) < 4.78 is 0. The smallest absolute Gasteiger partial charge is 0.0701 e. The molecule has 0 bridgehead atoms. The molecule has 2 nitrogen and oxygen atoms in total. The van der Waals surface area contributed by atoms with Crippen molar-refractivity contribution in [1.29, 1.82) is 0 Å². The molecule has 0 N–H and O–H groups in total. The van der Waals surface area contributed by atoms with Crippen molar-refractivity contribution in [3.63, 3.8) is 0 Å². The maximum atomic E-state index is 4.18. The molecule has 0 amide bonds. The Morgan fingerprint density at radius 1 is 0.941 bits per heavy atom. The molecule has 3 rings (SSSR count). The molecule has 0 spiro atoms. The predicted octanol–water partition coefficient (Wildman–Crippen LogP) is 3.34. The second-order valence-electron chi connectivity index (χ2n) is 4.56. The van der Waals surface area contributed by atoms with E-state index in [1.165, 1.54) is 37.7 Å². The van der Waals surface area contributed by atoms with Crippen LogP contribution in [0, 0.1) is 0 Å². The topological polar surface area (TPSA) is 16.1 Å². The highest BCUT2D eigenvalue weighted by Crippen LogP contribution is 2.08. The van der Waals surface area contributed by atoms with Crippen molar-refractivity contribution in [1.82, 2.24) is 9.88 Å². The first-order valence-electron chi connectivity index (χ1n) is 6.34. The van der Waals surface area contributed by atoms with Crippen LogP contribution in [0.15, 0.2) is 42.6 Å². The second-order valence-corrected chi connectivity index (χ2v) is 4.56. The van der Waals surface area contributed by atoms with E-state index in [1.807, 2.05) is 30.5 Å². The molecule has 0 atom stereocenters. The molecule has 1 fully saturated rings. The summed E-state index contributed by atoms with van der Waals surface area (Å²) in [6.07, 6.45) is 6.08. The lowest BCUT2D eigenvalue weighted by Crippen LogP contribution is -2.24. The van der Waals surface area contributed by atoms with Crippen molar-refractivity contribution in [2.24, 2.45) is 0 Å². The van der Waals surface area contributed by atoms with Crippen molar-refractivity contribution in [2.45, 2.75) is 19.3 Å². The van der Waals surface area contributed by atoms with Crippen molar-refractivity contribution < 1.29 is 0 Å². The van der Waals surface area contributed by atoms with Gasteiger partial charge in [-0.25, -0.2) is 0 Å². The number of hydrogen-bond acceptors (Lipinski definition) is 2. The number of piperidine rings is 1. The largest absolute Gasteiger partial charge is 0.306 e. The van der Waals surface area contributed by atoms with E-state index >= 15 is 0 Å². The molecule has 1 saturated heterocycles. The number of likely N-dealkylation sites (tertiary alicyclic amines) is 1. The number of rotatable bonds is 0. The number of fused-ring (bicyclic) bond motifs is 1. The molecule has 1 aromatic heterocycles. The van der Waals surface area contributed by atoms with Gasteiger partial charge in [-0.1, -0.05) is 30.7 Å². The second kappa shape index (κ2) is 6.36. The number of aromatic nitrogens is 1. The quantitative estimate of drug-likeness (QED) is 0.687. The zero-order valence-electron chi connectivity index (χ0n) is 10.5. The molecule has 2 heteroatoms. The Morgan fingerprint density at radius 2 is 1.65 bits per heavy atom. The molecule has 0 aliphatic carbocycles. The summed E-state index contributed by atoms with van der Waals surface area (Å²) in [4.78, 5) is 6.57. The molecule has 0 unspecified atom stereocenters. The van der Waals surface area contributed by atoms with Crippen LogP contribution in [0.2, 0.25) is 0 Å². The zero-order chi connectivity index (χ0) is 11.9. The van der Waals surface area contributed by atoms with E-state index in [0.29, 0.717) is 0 Å². The van der Waals surface area contributed by atoms with Gasteiger partial charge < -0.3 is 4.90 Å². The van der Waals surface area contributed by atoms with Gasteiger partial charge in [0.2, 0.25) is 0 Å². The van der Waals surface area contributed by atoms with Gasteiger partial charge in [-0.2, -0.15) is 0 Å². The number of hydrogen-bond donors (Lipinski definition) is 0. The summed E-state index contributed by atoms with van der Waals surface area (Å²) in [5.74, 6) is 0. The Kier molecular flexibility index (Phi) is 4.51. The molecular weight excluding hydrogens is 208 g/mol. The highest BCUT2D eigenvalue weighted by atomic mass is 15.1. The molecule has 1 aliphatic rings. The molecule has 0 radical (unpaired) electrons. The molecule has 2 heterocycles. The summed E-state index contributed by atoms with van der Waals surface area (Å²) in [6.45, 7) is 2.64. The lowest BCUT2D eigenvalue weighted by Gasteiger charge is -2.20. The Morgan fingerprint density at radius 3 is 2.29 bits per heavy atom. The van der Waals surface area contributed by atoms with E-state index in [4.69, 9.17) is 0 Å². The fourth-order valence-corrected chi connectivity index (χ4v) is 2.07. The van der Waals surface area contributed by atoms with Gasteiger partial charge in [0.25, 0.3) is 0 Å². The number of para-hydroxylation sites is 1. The first-order valence-corrected chi connectivity index (χ1v) is 6.34. The number of nitrogens with zero attached hydrogens (tertiary/aromatic N) is 2. The van der Waals surface area contributed by atoms with Gasteiger partial charge in [0.05, 0.1) is 5.52 Å². The maximum Gasteiger partial charge on any atom is 0.0701 e. The van der Waals surface area contributed by atoms with E-state index in [9.17, 15) is 0 Å². The summed E-state index contributed by atoms with van der Waals surface area (Å²) in [5, 5.41) is 1.20. The Balaban J connectivity index is 0.000000136. The minimum absolute atomic E-state index is 1.06. The van der Waals surface area contributed by atoms with Gasteiger partial charge >= 0.3 is 0 Å². The molecule has 1 aromatic carbocycles. The molecule has 2 aromatic rings. The van der Waals surface area contributed by atoms with Crippen LogP contribution in [0.3, 0.4) is 0 Å². The maximum absolute atomic E-state index is 4.18. The average Bonchev–Trinajstić information content (AvgIpc) is 2.41. The first kappa shape index (κ1) is 12.1. The minimum atomic E-state index is 1.06. The van der Waals surface area contributed by atoms with Crippen molar-refractivity contribution in [2.75, 3.05) is 20.1 Å². The minimum Gasteiger partial charge on any atom is -0.306 e. The normalized spacial score (nSPS) is 16.3. The highest BCUT2D eigenvalue weighted by molar-refractivity contribution is 5.77. The Bertz CT molecular complexity index is 382. The molecule has 90 valence electrons. The van der Waals surface area contributed by atoms with Crippen molar-refractivity contribution >= 4 is 10.9 Å². The molecular formula is C15H20N2. The van der Waals surface area contributed by atoms with Gasteiger partial charge in [-0.3, -0.25) is 4.98 Å². The van der Waals surface area contributed by atoms with Crippen LogP contribution in [0.4, 0.5) is 0 Å². The van der Waals surface area contributed by atoms with Crippen LogP contribution in [0.1, 0.15) is 19.3 Å². The zero-order valence-corrected chi connectivity index (χ0v) is 10.5.